The number of methoxy groups -OCH3 is 1. The molecule has 5 rings (SSSR count). The Bertz CT molecular complexity index is 1310. The van der Waals surface area contributed by atoms with Crippen LogP contribution in [0.5, 0.6) is 5.75 Å². The number of aromatic nitrogens is 5. The van der Waals surface area contributed by atoms with E-state index in [9.17, 15) is 4.79 Å². The van der Waals surface area contributed by atoms with Crippen molar-refractivity contribution in [1.29, 1.82) is 0 Å². The normalized spacial score (nSPS) is 16.8. The maximum absolute atomic E-state index is 13.0. The lowest BCUT2D eigenvalue weighted by atomic mass is 10.1. The van der Waals surface area contributed by atoms with E-state index in [-0.39, 0.29) is 17.7 Å². The molecule has 4 heterocycles. The van der Waals surface area contributed by atoms with Gasteiger partial charge in [-0.1, -0.05) is 13.0 Å². The van der Waals surface area contributed by atoms with Crippen molar-refractivity contribution in [3.8, 4) is 5.75 Å². The Morgan fingerprint density at radius 2 is 2.23 bits per heavy atom. The van der Waals surface area contributed by atoms with Gasteiger partial charge in [0, 0.05) is 41.0 Å². The van der Waals surface area contributed by atoms with Crippen LogP contribution in [0.4, 0.5) is 0 Å². The number of thiophene rings is 1. The highest BCUT2D eigenvalue weighted by molar-refractivity contribution is 7.09. The highest BCUT2D eigenvalue weighted by Gasteiger charge is 2.28. The number of ether oxygens (including phenoxy) is 2. The smallest absolute Gasteiger partial charge is 0.252 e. The summed E-state index contributed by atoms with van der Waals surface area (Å²) in [6.45, 7) is 4.72. The molecule has 9 nitrogen and oxygen atoms in total. The van der Waals surface area contributed by atoms with Gasteiger partial charge in [0.05, 0.1) is 25.8 Å². The third-order valence-corrected chi connectivity index (χ3v) is 7.39. The van der Waals surface area contributed by atoms with Gasteiger partial charge in [-0.05, 0) is 65.4 Å². The van der Waals surface area contributed by atoms with E-state index in [1.165, 1.54) is 4.88 Å². The Labute approximate surface area is 207 Å². The predicted molar refractivity (Wildman–Crippen MR) is 135 cm³/mol. The van der Waals surface area contributed by atoms with E-state index in [0.29, 0.717) is 25.2 Å². The van der Waals surface area contributed by atoms with Crippen LogP contribution in [-0.4, -0.2) is 49.9 Å². The first kappa shape index (κ1) is 23.7. The van der Waals surface area contributed by atoms with E-state index in [0.717, 1.165) is 48.3 Å². The van der Waals surface area contributed by atoms with Crippen molar-refractivity contribution in [3.63, 3.8) is 0 Å². The number of benzene rings is 1. The van der Waals surface area contributed by atoms with Crippen LogP contribution in [-0.2, 0) is 24.4 Å². The largest absolute Gasteiger partial charge is 0.497 e. The van der Waals surface area contributed by atoms with E-state index in [1.54, 1.807) is 18.4 Å². The highest BCUT2D eigenvalue weighted by atomic mass is 32.1. The molecule has 0 radical (unpaired) electrons. The third-order valence-electron chi connectivity index (χ3n) is 6.53. The zero-order valence-corrected chi connectivity index (χ0v) is 20.8. The second-order valence-electron chi connectivity index (χ2n) is 8.84. The second-order valence-corrected chi connectivity index (χ2v) is 9.87. The summed E-state index contributed by atoms with van der Waals surface area (Å²) in [5.41, 5.74) is 1.39. The molecule has 0 unspecified atom stereocenters. The average Bonchev–Trinajstić information content (AvgIpc) is 3.65. The van der Waals surface area contributed by atoms with Crippen LogP contribution in [0.25, 0.3) is 10.9 Å². The molecule has 0 spiro atoms. The molecule has 0 aliphatic carbocycles. The summed E-state index contributed by atoms with van der Waals surface area (Å²) in [4.78, 5) is 19.6. The second kappa shape index (κ2) is 10.7. The highest BCUT2D eigenvalue weighted by Crippen LogP contribution is 2.28. The molecule has 35 heavy (non-hydrogen) atoms. The first-order valence-electron chi connectivity index (χ1n) is 12.0. The minimum Gasteiger partial charge on any atom is -0.497 e. The molecule has 3 aromatic heterocycles. The van der Waals surface area contributed by atoms with Gasteiger partial charge in [-0.15, -0.1) is 16.4 Å². The van der Waals surface area contributed by atoms with Crippen LogP contribution >= 0.6 is 11.3 Å². The molecular weight excluding hydrogens is 464 g/mol. The standard InChI is InChI=1S/C25H30N6O3S/c1-3-23(24-27-28-29-31(24)15-20-6-4-10-34-20)30(16-21-7-5-11-35-21)14-18-12-17-13-19(33-2)8-9-22(17)26-25(18)32/h5,7-9,11-13,20,23H,3-4,6,10,14-16H2,1-2H3,(H,26,32)/t20-,23-/m0/s1. The maximum Gasteiger partial charge on any atom is 0.252 e. The van der Waals surface area contributed by atoms with E-state index in [2.05, 4.69) is 49.8 Å². The lowest BCUT2D eigenvalue weighted by Gasteiger charge is -2.30. The number of nitrogens with one attached hydrogen (secondary N) is 1. The van der Waals surface area contributed by atoms with Gasteiger partial charge in [0.15, 0.2) is 5.82 Å². The number of pyridine rings is 1. The van der Waals surface area contributed by atoms with Crippen molar-refractivity contribution in [3.05, 3.63) is 68.4 Å². The summed E-state index contributed by atoms with van der Waals surface area (Å²) in [5, 5.41) is 15.7. The fraction of sp³-hybridized carbons (Fsp3) is 0.440. The summed E-state index contributed by atoms with van der Waals surface area (Å²) in [6, 6.07) is 11.7. The van der Waals surface area contributed by atoms with Gasteiger partial charge in [0.25, 0.3) is 5.56 Å². The molecule has 184 valence electrons. The maximum atomic E-state index is 13.0. The predicted octanol–water partition coefficient (Wildman–Crippen LogP) is 3.92. The van der Waals surface area contributed by atoms with Crippen molar-refractivity contribution in [2.75, 3.05) is 13.7 Å². The molecule has 1 N–H and O–H groups in total. The lowest BCUT2D eigenvalue weighted by Crippen LogP contribution is -2.33. The Morgan fingerprint density at radius 3 is 2.97 bits per heavy atom. The molecule has 1 aliphatic heterocycles. The number of hydrogen-bond acceptors (Lipinski definition) is 8. The quantitative estimate of drug-likeness (QED) is 0.357. The number of rotatable bonds is 10. The van der Waals surface area contributed by atoms with Gasteiger partial charge < -0.3 is 14.5 Å². The van der Waals surface area contributed by atoms with Crippen molar-refractivity contribution in [1.82, 2.24) is 30.1 Å². The van der Waals surface area contributed by atoms with Gasteiger partial charge in [0.1, 0.15) is 5.75 Å². The van der Waals surface area contributed by atoms with E-state index >= 15 is 0 Å². The Morgan fingerprint density at radius 1 is 1.31 bits per heavy atom. The van der Waals surface area contributed by atoms with Crippen molar-refractivity contribution >= 4 is 22.2 Å². The van der Waals surface area contributed by atoms with Crippen molar-refractivity contribution < 1.29 is 9.47 Å². The molecule has 1 saturated heterocycles. The van der Waals surface area contributed by atoms with Gasteiger partial charge in [-0.2, -0.15) is 0 Å². The minimum atomic E-state index is -0.0901. The first-order chi connectivity index (χ1) is 17.1. The fourth-order valence-corrected chi connectivity index (χ4v) is 5.47. The number of H-pyrrole nitrogens is 1. The number of hydrogen-bond donors (Lipinski definition) is 1. The molecule has 10 heteroatoms. The summed E-state index contributed by atoms with van der Waals surface area (Å²) in [6.07, 6.45) is 3.03. The van der Waals surface area contributed by atoms with Crippen LogP contribution in [0, 0.1) is 0 Å². The third kappa shape index (κ3) is 5.29. The molecule has 1 aliphatic rings. The zero-order chi connectivity index (χ0) is 24.2. The summed E-state index contributed by atoms with van der Waals surface area (Å²) >= 11 is 1.71. The van der Waals surface area contributed by atoms with Crippen LogP contribution in [0.3, 0.4) is 0 Å². The number of tetrazole rings is 1. The monoisotopic (exact) mass is 494 g/mol. The van der Waals surface area contributed by atoms with Gasteiger partial charge in [0.2, 0.25) is 0 Å². The van der Waals surface area contributed by atoms with Crippen LogP contribution in [0.15, 0.2) is 46.6 Å². The van der Waals surface area contributed by atoms with Crippen molar-refractivity contribution in [2.45, 2.75) is 58.0 Å². The molecular formula is C25H30N6O3S. The van der Waals surface area contributed by atoms with Gasteiger partial charge in [-0.3, -0.25) is 9.69 Å². The molecule has 0 bridgehead atoms. The van der Waals surface area contributed by atoms with Gasteiger partial charge in [-0.25, -0.2) is 4.68 Å². The Hall–Kier alpha value is -3.08. The van der Waals surface area contributed by atoms with E-state index in [4.69, 9.17) is 9.47 Å². The van der Waals surface area contributed by atoms with E-state index < -0.39 is 0 Å². The molecule has 2 atom stereocenters. The van der Waals surface area contributed by atoms with Crippen LogP contribution in [0.2, 0.25) is 0 Å². The average molecular weight is 495 g/mol. The number of aromatic amines is 1. The number of fused-ring (bicyclic) bond motifs is 1. The van der Waals surface area contributed by atoms with Crippen LogP contribution < -0.4 is 10.3 Å². The molecule has 4 aromatic rings. The summed E-state index contributed by atoms with van der Waals surface area (Å²) < 4.78 is 13.1. The van der Waals surface area contributed by atoms with Crippen LogP contribution in [0.1, 0.15) is 48.5 Å². The Balaban J connectivity index is 1.48. The lowest BCUT2D eigenvalue weighted by molar-refractivity contribution is 0.0889. The molecule has 1 fully saturated rings. The first-order valence-corrected chi connectivity index (χ1v) is 12.9. The Kier molecular flexibility index (Phi) is 7.21. The van der Waals surface area contributed by atoms with E-state index in [1.807, 2.05) is 28.9 Å². The summed E-state index contributed by atoms with van der Waals surface area (Å²) in [5.74, 6) is 1.56. The van der Waals surface area contributed by atoms with Gasteiger partial charge >= 0.3 is 0 Å². The number of nitrogens with zero attached hydrogens (tertiary/aromatic N) is 5. The zero-order valence-electron chi connectivity index (χ0n) is 20.0. The minimum absolute atomic E-state index is 0.0612. The molecule has 0 saturated carbocycles. The fourth-order valence-electron chi connectivity index (χ4n) is 4.74. The SMILES string of the molecule is CC[C@@H](c1nnnn1C[C@@H]1CCCO1)N(Cc1cccs1)Cc1cc2cc(OC)ccc2[nH]c1=O. The van der Waals surface area contributed by atoms with Crippen molar-refractivity contribution in [2.24, 2.45) is 0 Å². The topological polar surface area (TPSA) is 98.2 Å². The summed E-state index contributed by atoms with van der Waals surface area (Å²) in [7, 11) is 1.64. The molecule has 0 amide bonds. The molecule has 1 aromatic carbocycles.